The van der Waals surface area contributed by atoms with E-state index in [0.717, 1.165) is 12.2 Å². The minimum atomic E-state index is -1.23. The molecular formula is C12H16O3S. The Balaban J connectivity index is 2.62. The predicted octanol–water partition coefficient (Wildman–Crippen LogP) is 2.17. The lowest BCUT2D eigenvalue weighted by molar-refractivity contribution is -0.116. The molecule has 0 bridgehead atoms. The summed E-state index contributed by atoms with van der Waals surface area (Å²) in [5.41, 5.74) is 0. The van der Waals surface area contributed by atoms with Gasteiger partial charge in [-0.25, -0.2) is 0 Å². The summed E-state index contributed by atoms with van der Waals surface area (Å²) in [6.45, 7) is 1.94. The van der Waals surface area contributed by atoms with Crippen LogP contribution in [0.1, 0.15) is 19.8 Å². The van der Waals surface area contributed by atoms with Gasteiger partial charge in [0.25, 0.3) is 0 Å². The molecule has 1 unspecified atom stereocenters. The van der Waals surface area contributed by atoms with Crippen LogP contribution in [-0.4, -0.2) is 22.9 Å². The SMILES string of the molecule is CCCC(=O)CS(=O)c1ccc(OC)cc1. The van der Waals surface area contributed by atoms with Gasteiger partial charge in [-0.2, -0.15) is 0 Å². The lowest BCUT2D eigenvalue weighted by atomic mass is 10.3. The number of carbonyl (C=O) groups is 1. The molecule has 0 heterocycles. The van der Waals surface area contributed by atoms with Crippen molar-refractivity contribution in [3.05, 3.63) is 24.3 Å². The van der Waals surface area contributed by atoms with Gasteiger partial charge < -0.3 is 4.74 Å². The zero-order valence-corrected chi connectivity index (χ0v) is 10.4. The average molecular weight is 240 g/mol. The number of benzene rings is 1. The van der Waals surface area contributed by atoms with Crippen LogP contribution in [0.25, 0.3) is 0 Å². The fourth-order valence-corrected chi connectivity index (χ4v) is 2.35. The van der Waals surface area contributed by atoms with Crippen molar-refractivity contribution in [1.82, 2.24) is 0 Å². The fraction of sp³-hybridized carbons (Fsp3) is 0.417. The number of methoxy groups -OCH3 is 1. The molecule has 0 radical (unpaired) electrons. The highest BCUT2D eigenvalue weighted by Crippen LogP contribution is 2.14. The predicted molar refractivity (Wildman–Crippen MR) is 64.2 cm³/mol. The number of ether oxygens (including phenoxy) is 1. The Bertz CT molecular complexity index is 370. The molecular weight excluding hydrogens is 224 g/mol. The second kappa shape index (κ2) is 6.43. The van der Waals surface area contributed by atoms with Crippen LogP contribution >= 0.6 is 0 Å². The van der Waals surface area contributed by atoms with Gasteiger partial charge in [0.05, 0.1) is 23.7 Å². The van der Waals surface area contributed by atoms with Crippen molar-refractivity contribution in [2.75, 3.05) is 12.9 Å². The standard InChI is InChI=1S/C12H16O3S/c1-3-4-10(13)9-16(14)12-7-5-11(15-2)6-8-12/h5-8H,3-4,9H2,1-2H3. The molecule has 16 heavy (non-hydrogen) atoms. The number of carbonyl (C=O) groups excluding carboxylic acids is 1. The highest BCUT2D eigenvalue weighted by molar-refractivity contribution is 7.85. The second-order valence-electron chi connectivity index (χ2n) is 3.45. The van der Waals surface area contributed by atoms with Crippen molar-refractivity contribution in [2.24, 2.45) is 0 Å². The normalized spacial score (nSPS) is 12.1. The Hall–Kier alpha value is -1.16. The Morgan fingerprint density at radius 3 is 2.44 bits per heavy atom. The Morgan fingerprint density at radius 1 is 1.31 bits per heavy atom. The van der Waals surface area contributed by atoms with Crippen molar-refractivity contribution < 1.29 is 13.7 Å². The molecule has 0 N–H and O–H groups in total. The molecule has 0 aliphatic carbocycles. The van der Waals surface area contributed by atoms with Crippen molar-refractivity contribution in [2.45, 2.75) is 24.7 Å². The second-order valence-corrected chi connectivity index (χ2v) is 4.91. The van der Waals surface area contributed by atoms with Crippen molar-refractivity contribution >= 4 is 16.6 Å². The molecule has 0 aliphatic heterocycles. The largest absolute Gasteiger partial charge is 0.497 e. The highest BCUT2D eigenvalue weighted by Gasteiger charge is 2.09. The van der Waals surface area contributed by atoms with Crippen LogP contribution in [0.15, 0.2) is 29.2 Å². The summed E-state index contributed by atoms with van der Waals surface area (Å²) >= 11 is 0. The average Bonchev–Trinajstić information content (AvgIpc) is 2.29. The van der Waals surface area contributed by atoms with Crippen LogP contribution in [0.4, 0.5) is 0 Å². The third-order valence-electron chi connectivity index (χ3n) is 2.14. The first kappa shape index (κ1) is 12.9. The van der Waals surface area contributed by atoms with E-state index in [4.69, 9.17) is 4.74 Å². The molecule has 1 atom stereocenters. The first-order chi connectivity index (χ1) is 7.67. The number of ketones is 1. The number of hydrogen-bond donors (Lipinski definition) is 0. The van der Waals surface area contributed by atoms with E-state index in [0.29, 0.717) is 11.3 Å². The van der Waals surface area contributed by atoms with Gasteiger partial charge in [-0.15, -0.1) is 0 Å². The summed E-state index contributed by atoms with van der Waals surface area (Å²) in [7, 11) is 0.350. The van der Waals surface area contributed by atoms with Crippen LogP contribution in [0.5, 0.6) is 5.75 Å². The zero-order chi connectivity index (χ0) is 12.0. The molecule has 0 amide bonds. The van der Waals surface area contributed by atoms with E-state index < -0.39 is 10.8 Å². The summed E-state index contributed by atoms with van der Waals surface area (Å²) in [5, 5.41) is 0. The maximum absolute atomic E-state index is 11.8. The molecule has 0 saturated heterocycles. The maximum Gasteiger partial charge on any atom is 0.145 e. The summed E-state index contributed by atoms with van der Waals surface area (Å²) in [6.07, 6.45) is 1.31. The van der Waals surface area contributed by atoms with Crippen LogP contribution in [0, 0.1) is 0 Å². The number of rotatable bonds is 6. The molecule has 0 aliphatic rings. The van der Waals surface area contributed by atoms with Crippen molar-refractivity contribution in [3.63, 3.8) is 0 Å². The van der Waals surface area contributed by atoms with Crippen LogP contribution in [0.2, 0.25) is 0 Å². The molecule has 3 nitrogen and oxygen atoms in total. The van der Waals surface area contributed by atoms with Crippen LogP contribution in [-0.2, 0) is 15.6 Å². The van der Waals surface area contributed by atoms with E-state index in [1.807, 2.05) is 6.92 Å². The number of Topliss-reactive ketones (excluding diaryl/α,β-unsaturated/α-hetero) is 1. The molecule has 0 fully saturated rings. The Morgan fingerprint density at radius 2 is 1.94 bits per heavy atom. The summed E-state index contributed by atoms with van der Waals surface area (Å²) in [5.74, 6) is 0.887. The quantitative estimate of drug-likeness (QED) is 0.765. The first-order valence-electron chi connectivity index (χ1n) is 5.21. The molecule has 1 aromatic rings. The molecule has 0 aromatic heterocycles. The van der Waals surface area contributed by atoms with E-state index >= 15 is 0 Å². The fourth-order valence-electron chi connectivity index (χ4n) is 1.31. The summed E-state index contributed by atoms with van der Waals surface area (Å²) < 4.78 is 16.8. The van der Waals surface area contributed by atoms with Gasteiger partial charge in [0.15, 0.2) is 0 Å². The van der Waals surface area contributed by atoms with E-state index in [1.54, 1.807) is 31.4 Å². The number of hydrogen-bond acceptors (Lipinski definition) is 3. The van der Waals surface area contributed by atoms with Crippen LogP contribution in [0.3, 0.4) is 0 Å². The highest BCUT2D eigenvalue weighted by atomic mass is 32.2. The van der Waals surface area contributed by atoms with Gasteiger partial charge in [-0.1, -0.05) is 6.92 Å². The smallest absolute Gasteiger partial charge is 0.145 e. The van der Waals surface area contributed by atoms with Gasteiger partial charge >= 0.3 is 0 Å². The molecule has 1 rings (SSSR count). The van der Waals surface area contributed by atoms with Gasteiger partial charge in [0.1, 0.15) is 11.5 Å². The lowest BCUT2D eigenvalue weighted by Gasteiger charge is -2.03. The van der Waals surface area contributed by atoms with Crippen LogP contribution < -0.4 is 4.74 Å². The summed E-state index contributed by atoms with van der Waals surface area (Å²) in [6, 6.07) is 6.96. The Kier molecular flexibility index (Phi) is 5.19. The van der Waals surface area contributed by atoms with E-state index in [-0.39, 0.29) is 11.5 Å². The van der Waals surface area contributed by atoms with Gasteiger partial charge in [-0.05, 0) is 30.7 Å². The molecule has 0 saturated carbocycles. The maximum atomic E-state index is 11.8. The third-order valence-corrected chi connectivity index (χ3v) is 3.53. The van der Waals surface area contributed by atoms with Crippen molar-refractivity contribution in [3.8, 4) is 5.75 Å². The van der Waals surface area contributed by atoms with E-state index in [2.05, 4.69) is 0 Å². The molecule has 4 heteroatoms. The molecule has 1 aromatic carbocycles. The molecule has 0 spiro atoms. The van der Waals surface area contributed by atoms with Crippen molar-refractivity contribution in [1.29, 1.82) is 0 Å². The van der Waals surface area contributed by atoms with Gasteiger partial charge in [0.2, 0.25) is 0 Å². The van der Waals surface area contributed by atoms with E-state index in [9.17, 15) is 9.00 Å². The monoisotopic (exact) mass is 240 g/mol. The minimum Gasteiger partial charge on any atom is -0.497 e. The minimum absolute atomic E-state index is 0.0525. The third kappa shape index (κ3) is 3.77. The first-order valence-corrected chi connectivity index (χ1v) is 6.53. The van der Waals surface area contributed by atoms with Gasteiger partial charge in [-0.3, -0.25) is 9.00 Å². The lowest BCUT2D eigenvalue weighted by Crippen LogP contribution is -2.10. The van der Waals surface area contributed by atoms with Gasteiger partial charge in [0, 0.05) is 11.3 Å². The topological polar surface area (TPSA) is 43.4 Å². The molecule has 88 valence electrons. The van der Waals surface area contributed by atoms with E-state index in [1.165, 1.54) is 0 Å². The zero-order valence-electron chi connectivity index (χ0n) is 9.56. The summed E-state index contributed by atoms with van der Waals surface area (Å²) in [4.78, 5) is 12.0. The Labute approximate surface area is 98.3 Å².